The number of piperidine rings is 2. The van der Waals surface area contributed by atoms with E-state index in [1.165, 1.54) is 58.2 Å². The minimum absolute atomic E-state index is 0.779. The van der Waals surface area contributed by atoms with E-state index in [1.54, 1.807) is 0 Å². The molecular formula is C15H29N3. The molecule has 1 aliphatic carbocycles. The molecule has 3 rings (SSSR count). The summed E-state index contributed by atoms with van der Waals surface area (Å²) in [5, 5.41) is 3.46. The average Bonchev–Trinajstić information content (AvgIpc) is 2.87. The third-order valence-electron chi connectivity index (χ3n) is 5.71. The summed E-state index contributed by atoms with van der Waals surface area (Å²) in [5.74, 6) is 0.950. The Morgan fingerprint density at radius 3 is 2.72 bits per heavy atom. The van der Waals surface area contributed by atoms with Gasteiger partial charge in [-0.15, -0.1) is 0 Å². The molecule has 0 bridgehead atoms. The zero-order chi connectivity index (χ0) is 12.5. The highest BCUT2D eigenvalue weighted by molar-refractivity contribution is 4.94. The zero-order valence-corrected chi connectivity index (χ0v) is 12.1. The van der Waals surface area contributed by atoms with Crippen molar-refractivity contribution in [2.24, 2.45) is 5.92 Å². The highest BCUT2D eigenvalue weighted by atomic mass is 15.2. The molecule has 1 saturated carbocycles. The van der Waals surface area contributed by atoms with Gasteiger partial charge >= 0.3 is 0 Å². The Morgan fingerprint density at radius 2 is 1.94 bits per heavy atom. The van der Waals surface area contributed by atoms with Crippen molar-refractivity contribution in [1.82, 2.24) is 15.1 Å². The smallest absolute Gasteiger partial charge is 0.0145 e. The Kier molecular flexibility index (Phi) is 3.92. The lowest BCUT2D eigenvalue weighted by molar-refractivity contribution is 0.0209. The highest BCUT2D eigenvalue weighted by Crippen LogP contribution is 2.33. The molecule has 3 nitrogen and oxygen atoms in total. The Morgan fingerprint density at radius 1 is 1.06 bits per heavy atom. The molecule has 0 amide bonds. The van der Waals surface area contributed by atoms with Crippen LogP contribution in [0.1, 0.15) is 38.5 Å². The maximum Gasteiger partial charge on any atom is 0.0145 e. The second-order valence-electron chi connectivity index (χ2n) is 6.69. The Balaban J connectivity index is 1.57. The number of likely N-dealkylation sites (tertiary alicyclic amines) is 2. The lowest BCUT2D eigenvalue weighted by atomic mass is 9.83. The zero-order valence-electron chi connectivity index (χ0n) is 12.1. The monoisotopic (exact) mass is 251 g/mol. The van der Waals surface area contributed by atoms with Crippen molar-refractivity contribution < 1.29 is 0 Å². The van der Waals surface area contributed by atoms with Crippen molar-refractivity contribution >= 4 is 0 Å². The Labute approximate surface area is 112 Å². The maximum atomic E-state index is 3.46. The summed E-state index contributed by atoms with van der Waals surface area (Å²) in [7, 11) is 4.45. The lowest BCUT2D eigenvalue weighted by Crippen LogP contribution is -2.54. The van der Waals surface area contributed by atoms with Crippen LogP contribution in [0.15, 0.2) is 0 Å². The van der Waals surface area contributed by atoms with E-state index in [9.17, 15) is 0 Å². The van der Waals surface area contributed by atoms with Gasteiger partial charge in [0.1, 0.15) is 0 Å². The quantitative estimate of drug-likeness (QED) is 0.803. The summed E-state index contributed by atoms with van der Waals surface area (Å²) in [5.41, 5.74) is 0. The fourth-order valence-electron chi connectivity index (χ4n) is 4.56. The molecule has 2 saturated heterocycles. The first-order chi connectivity index (χ1) is 8.78. The van der Waals surface area contributed by atoms with Crippen molar-refractivity contribution in [2.45, 2.75) is 56.7 Å². The van der Waals surface area contributed by atoms with Crippen LogP contribution in [0.25, 0.3) is 0 Å². The Bertz CT molecular complexity index is 281. The van der Waals surface area contributed by atoms with Gasteiger partial charge in [-0.1, -0.05) is 0 Å². The van der Waals surface area contributed by atoms with Crippen LogP contribution >= 0.6 is 0 Å². The Hall–Kier alpha value is -0.120. The number of rotatable bonds is 2. The number of hydrogen-bond donors (Lipinski definition) is 1. The first kappa shape index (κ1) is 12.9. The fraction of sp³-hybridized carbons (Fsp3) is 1.00. The summed E-state index contributed by atoms with van der Waals surface area (Å²) >= 11 is 0. The van der Waals surface area contributed by atoms with Crippen LogP contribution in [0.5, 0.6) is 0 Å². The standard InChI is InChI=1S/C15H29N3/c1-16-13-5-6-14(10-13)18-9-7-15-12(11-18)4-3-8-17(15)2/h12-16H,3-11H2,1-2H3. The molecule has 0 aromatic carbocycles. The second-order valence-corrected chi connectivity index (χ2v) is 6.69. The van der Waals surface area contributed by atoms with E-state index in [1.807, 2.05) is 0 Å². The summed E-state index contributed by atoms with van der Waals surface area (Å²) in [6.45, 7) is 4.04. The van der Waals surface area contributed by atoms with Crippen molar-refractivity contribution in [3.63, 3.8) is 0 Å². The normalized spacial score (nSPS) is 43.0. The predicted molar refractivity (Wildman–Crippen MR) is 75.8 cm³/mol. The SMILES string of the molecule is CNC1CCC(N2CCC3C(CCCN3C)C2)C1. The van der Waals surface area contributed by atoms with E-state index >= 15 is 0 Å². The van der Waals surface area contributed by atoms with E-state index in [4.69, 9.17) is 0 Å². The molecule has 1 N–H and O–H groups in total. The van der Waals surface area contributed by atoms with Gasteiger partial charge in [0.25, 0.3) is 0 Å². The molecular weight excluding hydrogens is 222 g/mol. The molecule has 3 aliphatic rings. The van der Waals surface area contributed by atoms with Gasteiger partial charge in [-0.2, -0.15) is 0 Å². The van der Waals surface area contributed by atoms with Crippen LogP contribution in [0.3, 0.4) is 0 Å². The summed E-state index contributed by atoms with van der Waals surface area (Å²) < 4.78 is 0. The van der Waals surface area contributed by atoms with E-state index in [2.05, 4.69) is 29.2 Å². The lowest BCUT2D eigenvalue weighted by Gasteiger charge is -2.47. The van der Waals surface area contributed by atoms with E-state index in [0.29, 0.717) is 0 Å². The first-order valence-corrected chi connectivity index (χ1v) is 7.89. The third kappa shape index (κ3) is 2.45. The second kappa shape index (κ2) is 5.48. The number of fused-ring (bicyclic) bond motifs is 1. The fourth-order valence-corrected chi connectivity index (χ4v) is 4.56. The van der Waals surface area contributed by atoms with Gasteiger partial charge in [0, 0.05) is 24.7 Å². The molecule has 0 radical (unpaired) electrons. The van der Waals surface area contributed by atoms with Crippen LogP contribution in [0, 0.1) is 5.92 Å². The maximum absolute atomic E-state index is 3.46. The van der Waals surface area contributed by atoms with Crippen LogP contribution in [-0.2, 0) is 0 Å². The number of nitrogens with one attached hydrogen (secondary N) is 1. The van der Waals surface area contributed by atoms with E-state index in [-0.39, 0.29) is 0 Å². The van der Waals surface area contributed by atoms with Crippen LogP contribution in [0.4, 0.5) is 0 Å². The van der Waals surface area contributed by atoms with Gasteiger partial charge in [-0.25, -0.2) is 0 Å². The molecule has 18 heavy (non-hydrogen) atoms. The highest BCUT2D eigenvalue weighted by Gasteiger charge is 2.38. The minimum Gasteiger partial charge on any atom is -0.317 e. The molecule has 104 valence electrons. The molecule has 2 heterocycles. The molecule has 0 aromatic heterocycles. The van der Waals surface area contributed by atoms with Gasteiger partial charge in [0.15, 0.2) is 0 Å². The van der Waals surface area contributed by atoms with Crippen molar-refractivity contribution in [3.8, 4) is 0 Å². The largest absolute Gasteiger partial charge is 0.317 e. The summed E-state index contributed by atoms with van der Waals surface area (Å²) in [4.78, 5) is 5.44. The van der Waals surface area contributed by atoms with Crippen molar-refractivity contribution in [1.29, 1.82) is 0 Å². The van der Waals surface area contributed by atoms with Gasteiger partial charge in [0.05, 0.1) is 0 Å². The van der Waals surface area contributed by atoms with Gasteiger partial charge in [-0.05, 0) is 71.6 Å². The molecule has 4 atom stereocenters. The predicted octanol–water partition coefficient (Wildman–Crippen LogP) is 1.54. The molecule has 2 aliphatic heterocycles. The molecule has 0 aromatic rings. The molecule has 3 heteroatoms. The van der Waals surface area contributed by atoms with Gasteiger partial charge < -0.3 is 10.2 Å². The van der Waals surface area contributed by atoms with Gasteiger partial charge in [0.2, 0.25) is 0 Å². The van der Waals surface area contributed by atoms with Crippen molar-refractivity contribution in [3.05, 3.63) is 0 Å². The van der Waals surface area contributed by atoms with Crippen molar-refractivity contribution in [2.75, 3.05) is 33.7 Å². The average molecular weight is 251 g/mol. The summed E-state index contributed by atoms with van der Waals surface area (Å²) in [6.07, 6.45) is 8.46. The number of hydrogen-bond acceptors (Lipinski definition) is 3. The summed E-state index contributed by atoms with van der Waals surface area (Å²) in [6, 6.07) is 2.54. The first-order valence-electron chi connectivity index (χ1n) is 7.89. The third-order valence-corrected chi connectivity index (χ3v) is 5.71. The van der Waals surface area contributed by atoms with E-state index < -0.39 is 0 Å². The minimum atomic E-state index is 0.779. The van der Waals surface area contributed by atoms with E-state index in [0.717, 1.165) is 24.0 Å². The van der Waals surface area contributed by atoms with Gasteiger partial charge in [-0.3, -0.25) is 4.90 Å². The topological polar surface area (TPSA) is 18.5 Å². The molecule has 3 fully saturated rings. The van der Waals surface area contributed by atoms with Crippen LogP contribution in [0.2, 0.25) is 0 Å². The number of nitrogens with zero attached hydrogens (tertiary/aromatic N) is 2. The van der Waals surface area contributed by atoms with Crippen LogP contribution < -0.4 is 5.32 Å². The molecule has 4 unspecified atom stereocenters. The van der Waals surface area contributed by atoms with Crippen LogP contribution in [-0.4, -0.2) is 61.7 Å². The molecule has 0 spiro atoms.